The molecular weight excluding hydrogens is 415 g/mol. The summed E-state index contributed by atoms with van der Waals surface area (Å²) in [5, 5.41) is 4.71. The number of nitrogens with one attached hydrogen (secondary N) is 1. The summed E-state index contributed by atoms with van der Waals surface area (Å²) >= 11 is 2.28. The van der Waals surface area contributed by atoms with Crippen molar-refractivity contribution in [3.8, 4) is 5.75 Å². The Morgan fingerprint density at radius 2 is 2.00 bits per heavy atom. The van der Waals surface area contributed by atoms with Gasteiger partial charge in [0.15, 0.2) is 5.13 Å². The zero-order chi connectivity index (χ0) is 20.3. The Morgan fingerprint density at radius 3 is 2.61 bits per heavy atom. The number of rotatable bonds is 6. The second-order valence-electron chi connectivity index (χ2n) is 5.78. The van der Waals surface area contributed by atoms with Gasteiger partial charge in [-0.2, -0.15) is 0 Å². The largest absolute Gasteiger partial charge is 0.573 e. The summed E-state index contributed by atoms with van der Waals surface area (Å²) in [6.45, 7) is 1.65. The lowest BCUT2D eigenvalue weighted by atomic mass is 10.1. The third-order valence-corrected chi connectivity index (χ3v) is 5.41. The molecule has 0 spiro atoms. The molecule has 0 aliphatic heterocycles. The van der Waals surface area contributed by atoms with E-state index in [0.29, 0.717) is 17.2 Å². The maximum Gasteiger partial charge on any atom is 0.573 e. The van der Waals surface area contributed by atoms with Gasteiger partial charge in [0.2, 0.25) is 5.91 Å². The van der Waals surface area contributed by atoms with Crippen LogP contribution in [0.2, 0.25) is 0 Å². The summed E-state index contributed by atoms with van der Waals surface area (Å²) in [7, 11) is 0. The highest BCUT2D eigenvalue weighted by Crippen LogP contribution is 2.25. The van der Waals surface area contributed by atoms with Gasteiger partial charge in [-0.3, -0.25) is 14.2 Å². The van der Waals surface area contributed by atoms with Crippen LogP contribution in [0, 0.1) is 6.92 Å². The van der Waals surface area contributed by atoms with Crippen LogP contribution in [-0.4, -0.2) is 21.8 Å². The van der Waals surface area contributed by atoms with Crippen LogP contribution in [0.1, 0.15) is 16.1 Å². The molecule has 2 aromatic heterocycles. The van der Waals surface area contributed by atoms with Crippen molar-refractivity contribution in [2.24, 2.45) is 0 Å². The molecule has 28 heavy (non-hydrogen) atoms. The summed E-state index contributed by atoms with van der Waals surface area (Å²) in [6.07, 6.45) is -2.69. The number of carbonyl (C=O) groups is 1. The summed E-state index contributed by atoms with van der Waals surface area (Å²) in [5.74, 6) is -0.648. The minimum absolute atomic E-state index is 0.0935. The summed E-state index contributed by atoms with van der Waals surface area (Å²) in [4.78, 5) is 28.5. The van der Waals surface area contributed by atoms with Gasteiger partial charge in [0, 0.05) is 28.6 Å². The highest BCUT2D eigenvalue weighted by atomic mass is 32.1. The van der Waals surface area contributed by atoms with Crippen molar-refractivity contribution in [1.29, 1.82) is 0 Å². The number of carbonyl (C=O) groups excluding carboxylic acids is 1. The van der Waals surface area contributed by atoms with Crippen molar-refractivity contribution >= 4 is 33.7 Å². The van der Waals surface area contributed by atoms with E-state index < -0.39 is 6.36 Å². The van der Waals surface area contributed by atoms with Gasteiger partial charge in [-0.05, 0) is 24.6 Å². The number of hydrogen-bond donors (Lipinski definition) is 1. The molecule has 3 rings (SSSR count). The highest BCUT2D eigenvalue weighted by Gasteiger charge is 2.30. The van der Waals surface area contributed by atoms with E-state index in [1.165, 1.54) is 40.2 Å². The van der Waals surface area contributed by atoms with E-state index in [9.17, 15) is 22.8 Å². The monoisotopic (exact) mass is 429 g/mol. The molecule has 148 valence electrons. The van der Waals surface area contributed by atoms with E-state index in [2.05, 4.69) is 15.0 Å². The molecule has 0 saturated heterocycles. The minimum Gasteiger partial charge on any atom is -0.406 e. The summed E-state index contributed by atoms with van der Waals surface area (Å²) in [6, 6.07) is 5.55. The van der Waals surface area contributed by atoms with Crippen LogP contribution in [0.3, 0.4) is 0 Å². The zero-order valence-corrected chi connectivity index (χ0v) is 16.1. The van der Waals surface area contributed by atoms with Crippen LogP contribution in [0.5, 0.6) is 5.75 Å². The van der Waals surface area contributed by atoms with Crippen molar-refractivity contribution in [1.82, 2.24) is 9.55 Å². The van der Waals surface area contributed by atoms with Gasteiger partial charge >= 0.3 is 11.2 Å². The number of nitrogens with zero attached hydrogens (tertiary/aromatic N) is 2. The van der Waals surface area contributed by atoms with Gasteiger partial charge in [0.25, 0.3) is 0 Å². The van der Waals surface area contributed by atoms with E-state index in [1.54, 1.807) is 18.5 Å². The maximum absolute atomic E-state index is 12.2. The predicted octanol–water partition coefficient (Wildman–Crippen LogP) is 3.80. The topological polar surface area (TPSA) is 73.2 Å². The quantitative estimate of drug-likeness (QED) is 0.647. The number of benzene rings is 1. The zero-order valence-electron chi connectivity index (χ0n) is 14.4. The lowest BCUT2D eigenvalue weighted by Crippen LogP contribution is -2.25. The predicted molar refractivity (Wildman–Crippen MR) is 100.0 cm³/mol. The Labute approximate surface area is 165 Å². The van der Waals surface area contributed by atoms with Gasteiger partial charge in [-0.25, -0.2) is 4.98 Å². The van der Waals surface area contributed by atoms with Gasteiger partial charge in [0.05, 0.1) is 0 Å². The second-order valence-corrected chi connectivity index (χ2v) is 7.71. The van der Waals surface area contributed by atoms with E-state index >= 15 is 0 Å². The fourth-order valence-corrected chi connectivity index (χ4v) is 3.95. The smallest absolute Gasteiger partial charge is 0.406 e. The average molecular weight is 429 g/mol. The molecule has 0 radical (unpaired) electrons. The fraction of sp³-hybridized carbons (Fsp3) is 0.235. The molecule has 0 fully saturated rings. The molecule has 2 heterocycles. The van der Waals surface area contributed by atoms with Gasteiger partial charge in [-0.1, -0.05) is 23.5 Å². The Balaban J connectivity index is 1.58. The molecule has 0 saturated carbocycles. The summed E-state index contributed by atoms with van der Waals surface area (Å²) in [5.41, 5.74) is 1.49. The van der Waals surface area contributed by atoms with Crippen molar-refractivity contribution in [3.05, 3.63) is 61.6 Å². The normalized spacial score (nSPS) is 11.4. The summed E-state index contributed by atoms with van der Waals surface area (Å²) < 4.78 is 41.7. The van der Waals surface area contributed by atoms with E-state index in [4.69, 9.17) is 0 Å². The number of amides is 1. The Bertz CT molecular complexity index is 1020. The Kier molecular flexibility index (Phi) is 5.84. The molecule has 0 unspecified atom stereocenters. The van der Waals surface area contributed by atoms with Gasteiger partial charge < -0.3 is 10.1 Å². The number of aromatic nitrogens is 2. The van der Waals surface area contributed by atoms with Crippen molar-refractivity contribution in [2.75, 3.05) is 5.32 Å². The number of hydrogen-bond acceptors (Lipinski definition) is 6. The van der Waals surface area contributed by atoms with Gasteiger partial charge in [-0.15, -0.1) is 24.5 Å². The van der Waals surface area contributed by atoms with Crippen LogP contribution < -0.4 is 14.9 Å². The van der Waals surface area contributed by atoms with E-state index in [-0.39, 0.29) is 23.1 Å². The molecule has 1 N–H and O–H groups in total. The molecule has 3 aromatic rings. The van der Waals surface area contributed by atoms with Crippen molar-refractivity contribution < 1.29 is 22.7 Å². The van der Waals surface area contributed by atoms with Crippen LogP contribution >= 0.6 is 22.7 Å². The standard InChI is InChI=1S/C17H14F3N3O3S2/c1-10-9-27-16(25)23(10)8-14(24)22-15-21-7-13(28-15)6-11-2-4-12(5-3-11)26-17(18,19)20/h2-5,7,9H,6,8H2,1H3,(H,21,22,24). The first kappa shape index (κ1) is 20.1. The van der Waals surface area contributed by atoms with Crippen LogP contribution in [-0.2, 0) is 17.8 Å². The average Bonchev–Trinajstić information content (AvgIpc) is 3.16. The second kappa shape index (κ2) is 8.15. The third kappa shape index (κ3) is 5.42. The highest BCUT2D eigenvalue weighted by molar-refractivity contribution is 7.15. The number of thiazole rings is 2. The van der Waals surface area contributed by atoms with Crippen LogP contribution in [0.4, 0.5) is 18.3 Å². The molecule has 6 nitrogen and oxygen atoms in total. The third-order valence-electron chi connectivity index (χ3n) is 3.61. The molecule has 0 atom stereocenters. The Hall–Kier alpha value is -2.66. The number of aryl methyl sites for hydroxylation is 1. The number of alkyl halides is 3. The molecular formula is C17H14F3N3O3S2. The molecule has 0 aliphatic carbocycles. The first-order chi connectivity index (χ1) is 13.2. The Morgan fingerprint density at radius 1 is 1.29 bits per heavy atom. The first-order valence-corrected chi connectivity index (χ1v) is 9.63. The number of halogens is 3. The minimum atomic E-state index is -4.72. The molecule has 0 aliphatic rings. The first-order valence-electron chi connectivity index (χ1n) is 7.94. The molecule has 1 amide bonds. The SMILES string of the molecule is Cc1csc(=O)n1CC(=O)Nc1ncc(Cc2ccc(OC(F)(F)F)cc2)s1. The molecule has 1 aromatic carbocycles. The molecule has 11 heteroatoms. The fourth-order valence-electron chi connectivity index (χ4n) is 2.36. The van der Waals surface area contributed by atoms with Gasteiger partial charge in [0.1, 0.15) is 12.3 Å². The van der Waals surface area contributed by atoms with Crippen molar-refractivity contribution in [2.45, 2.75) is 26.3 Å². The molecule has 0 bridgehead atoms. The van der Waals surface area contributed by atoms with E-state index in [1.807, 2.05) is 0 Å². The van der Waals surface area contributed by atoms with E-state index in [0.717, 1.165) is 21.8 Å². The van der Waals surface area contributed by atoms with Crippen LogP contribution in [0.15, 0.2) is 40.6 Å². The number of anilines is 1. The van der Waals surface area contributed by atoms with Crippen LogP contribution in [0.25, 0.3) is 0 Å². The van der Waals surface area contributed by atoms with Crippen molar-refractivity contribution in [3.63, 3.8) is 0 Å². The number of ether oxygens (including phenoxy) is 1. The lowest BCUT2D eigenvalue weighted by molar-refractivity contribution is -0.274. The lowest BCUT2D eigenvalue weighted by Gasteiger charge is -2.08. The maximum atomic E-state index is 12.2.